The second-order valence-electron chi connectivity index (χ2n) is 5.84. The smallest absolute Gasteiger partial charge is 0.335 e. The van der Waals surface area contributed by atoms with E-state index in [1.54, 1.807) is 49.4 Å². The molecule has 6 nitrogen and oxygen atoms in total. The fourth-order valence-electron chi connectivity index (χ4n) is 2.71. The van der Waals surface area contributed by atoms with Crippen molar-refractivity contribution in [2.24, 2.45) is 0 Å². The van der Waals surface area contributed by atoms with Gasteiger partial charge in [0.15, 0.2) is 0 Å². The van der Waals surface area contributed by atoms with Gasteiger partial charge < -0.3 is 4.74 Å². The molecule has 1 aliphatic rings. The van der Waals surface area contributed by atoms with Gasteiger partial charge in [-0.15, -0.1) is 0 Å². The summed E-state index contributed by atoms with van der Waals surface area (Å²) in [4.78, 5) is 38.3. The number of anilines is 1. The van der Waals surface area contributed by atoms with Crippen LogP contribution in [0.5, 0.6) is 5.75 Å². The monoisotopic (exact) mass is 384 g/mol. The van der Waals surface area contributed by atoms with E-state index in [0.717, 1.165) is 4.90 Å². The van der Waals surface area contributed by atoms with Gasteiger partial charge >= 0.3 is 6.03 Å². The fourth-order valence-corrected chi connectivity index (χ4v) is 2.88. The molecular formula is C20H17ClN2O4. The number of amides is 4. The summed E-state index contributed by atoms with van der Waals surface area (Å²) in [5.41, 5.74) is 1.39. The molecule has 0 saturated carbocycles. The lowest BCUT2D eigenvalue weighted by Gasteiger charge is -2.27. The predicted octanol–water partition coefficient (Wildman–Crippen LogP) is 3.71. The SMILES string of the molecule is CCOc1ccc(/C=C2\C(=O)NC(=O)N(c3cccc(Cl)c3C)C2=O)cc1. The number of benzene rings is 2. The standard InChI is InChI=1S/C20H17ClN2O4/c1-3-27-14-9-7-13(8-10-14)11-15-18(24)22-20(26)23(19(15)25)17-6-4-5-16(21)12(17)2/h4-11H,3H2,1-2H3,(H,22,24,26)/b15-11+. The topological polar surface area (TPSA) is 75.7 Å². The lowest BCUT2D eigenvalue weighted by atomic mass is 10.1. The molecule has 4 amide bonds. The predicted molar refractivity (Wildman–Crippen MR) is 103 cm³/mol. The molecule has 1 N–H and O–H groups in total. The van der Waals surface area contributed by atoms with Crippen molar-refractivity contribution in [2.75, 3.05) is 11.5 Å². The van der Waals surface area contributed by atoms with Crippen LogP contribution in [0.15, 0.2) is 48.0 Å². The molecule has 1 fully saturated rings. The Labute approximate surface area is 161 Å². The van der Waals surface area contributed by atoms with E-state index in [9.17, 15) is 14.4 Å². The molecule has 2 aromatic carbocycles. The zero-order chi connectivity index (χ0) is 19.6. The Morgan fingerprint density at radius 2 is 1.81 bits per heavy atom. The molecule has 138 valence electrons. The van der Waals surface area contributed by atoms with Gasteiger partial charge in [-0.2, -0.15) is 0 Å². The molecule has 0 aliphatic carbocycles. The van der Waals surface area contributed by atoms with E-state index in [0.29, 0.717) is 34.2 Å². The average molecular weight is 385 g/mol. The Hall–Kier alpha value is -3.12. The molecule has 3 rings (SSSR count). The van der Waals surface area contributed by atoms with Crippen LogP contribution in [0.1, 0.15) is 18.1 Å². The van der Waals surface area contributed by atoms with Crippen LogP contribution in [0.4, 0.5) is 10.5 Å². The molecule has 0 spiro atoms. The number of nitrogens with zero attached hydrogens (tertiary/aromatic N) is 1. The number of carbonyl (C=O) groups excluding carboxylic acids is 3. The first-order valence-corrected chi connectivity index (χ1v) is 8.69. The lowest BCUT2D eigenvalue weighted by Crippen LogP contribution is -2.54. The Morgan fingerprint density at radius 1 is 1.11 bits per heavy atom. The normalized spacial score (nSPS) is 15.9. The summed E-state index contributed by atoms with van der Waals surface area (Å²) in [6.07, 6.45) is 1.44. The van der Waals surface area contributed by atoms with Crippen LogP contribution >= 0.6 is 11.6 Å². The van der Waals surface area contributed by atoms with Crippen molar-refractivity contribution in [1.82, 2.24) is 5.32 Å². The van der Waals surface area contributed by atoms with Crippen molar-refractivity contribution in [1.29, 1.82) is 0 Å². The molecule has 27 heavy (non-hydrogen) atoms. The van der Waals surface area contributed by atoms with E-state index in [2.05, 4.69) is 5.32 Å². The lowest BCUT2D eigenvalue weighted by molar-refractivity contribution is -0.122. The second-order valence-corrected chi connectivity index (χ2v) is 6.25. The van der Waals surface area contributed by atoms with Gasteiger partial charge in [0.1, 0.15) is 11.3 Å². The first-order chi connectivity index (χ1) is 12.9. The van der Waals surface area contributed by atoms with Crippen LogP contribution < -0.4 is 15.0 Å². The molecule has 0 unspecified atom stereocenters. The molecule has 1 aliphatic heterocycles. The number of barbiturate groups is 1. The van der Waals surface area contributed by atoms with Gasteiger partial charge in [0.05, 0.1) is 12.3 Å². The van der Waals surface area contributed by atoms with Crippen molar-refractivity contribution >= 4 is 41.2 Å². The third kappa shape index (κ3) is 3.71. The van der Waals surface area contributed by atoms with E-state index in [1.165, 1.54) is 6.08 Å². The van der Waals surface area contributed by atoms with E-state index in [-0.39, 0.29) is 5.57 Å². The van der Waals surface area contributed by atoms with E-state index in [1.807, 2.05) is 6.92 Å². The van der Waals surface area contributed by atoms with Crippen molar-refractivity contribution < 1.29 is 19.1 Å². The highest BCUT2D eigenvalue weighted by Crippen LogP contribution is 2.29. The third-order valence-corrected chi connectivity index (χ3v) is 4.49. The number of imide groups is 2. The quantitative estimate of drug-likeness (QED) is 0.644. The highest BCUT2D eigenvalue weighted by Gasteiger charge is 2.37. The summed E-state index contributed by atoms with van der Waals surface area (Å²) >= 11 is 6.10. The zero-order valence-corrected chi connectivity index (χ0v) is 15.5. The average Bonchev–Trinajstić information content (AvgIpc) is 2.63. The minimum absolute atomic E-state index is 0.141. The molecule has 2 aromatic rings. The molecule has 1 saturated heterocycles. The summed E-state index contributed by atoms with van der Waals surface area (Å²) in [6.45, 7) is 4.12. The van der Waals surface area contributed by atoms with E-state index >= 15 is 0 Å². The van der Waals surface area contributed by atoms with Crippen LogP contribution in [0.25, 0.3) is 6.08 Å². The minimum Gasteiger partial charge on any atom is -0.494 e. The Bertz CT molecular complexity index is 951. The fraction of sp³-hybridized carbons (Fsp3) is 0.150. The van der Waals surface area contributed by atoms with Gasteiger partial charge in [-0.25, -0.2) is 9.69 Å². The first-order valence-electron chi connectivity index (χ1n) is 8.31. The Morgan fingerprint density at radius 3 is 2.48 bits per heavy atom. The van der Waals surface area contributed by atoms with Crippen molar-refractivity contribution in [3.8, 4) is 5.75 Å². The molecule has 7 heteroatoms. The number of rotatable bonds is 4. The van der Waals surface area contributed by atoms with Gasteiger partial charge in [-0.05, 0) is 55.3 Å². The molecule has 0 aromatic heterocycles. The third-order valence-electron chi connectivity index (χ3n) is 4.08. The van der Waals surface area contributed by atoms with Gasteiger partial charge in [0.25, 0.3) is 11.8 Å². The number of urea groups is 1. The van der Waals surface area contributed by atoms with Gasteiger partial charge in [0.2, 0.25) is 0 Å². The summed E-state index contributed by atoms with van der Waals surface area (Å²) in [7, 11) is 0. The zero-order valence-electron chi connectivity index (χ0n) is 14.8. The van der Waals surface area contributed by atoms with E-state index < -0.39 is 17.8 Å². The molecule has 0 atom stereocenters. The van der Waals surface area contributed by atoms with Gasteiger partial charge in [0, 0.05) is 5.02 Å². The Kier molecular flexibility index (Phi) is 5.28. The number of hydrogen-bond acceptors (Lipinski definition) is 4. The number of nitrogens with one attached hydrogen (secondary N) is 1. The van der Waals surface area contributed by atoms with Crippen molar-refractivity contribution in [2.45, 2.75) is 13.8 Å². The Balaban J connectivity index is 1.98. The molecular weight excluding hydrogens is 368 g/mol. The molecule has 0 bridgehead atoms. The van der Waals surface area contributed by atoms with Crippen LogP contribution in [0, 0.1) is 6.92 Å². The first kappa shape index (κ1) is 18.7. The largest absolute Gasteiger partial charge is 0.494 e. The van der Waals surface area contributed by atoms with Gasteiger partial charge in [-0.1, -0.05) is 29.8 Å². The van der Waals surface area contributed by atoms with Crippen LogP contribution in [0.3, 0.4) is 0 Å². The highest BCUT2D eigenvalue weighted by molar-refractivity contribution is 6.39. The van der Waals surface area contributed by atoms with Crippen LogP contribution in [0.2, 0.25) is 5.02 Å². The van der Waals surface area contributed by atoms with Crippen LogP contribution in [-0.4, -0.2) is 24.5 Å². The number of hydrogen-bond donors (Lipinski definition) is 1. The summed E-state index contributed by atoms with van der Waals surface area (Å²) in [6, 6.07) is 11.0. The summed E-state index contributed by atoms with van der Waals surface area (Å²) in [5.74, 6) is -0.761. The molecule has 1 heterocycles. The minimum atomic E-state index is -0.806. The highest BCUT2D eigenvalue weighted by atomic mass is 35.5. The molecule has 0 radical (unpaired) electrons. The van der Waals surface area contributed by atoms with Crippen molar-refractivity contribution in [3.05, 3.63) is 64.2 Å². The summed E-state index contributed by atoms with van der Waals surface area (Å²) < 4.78 is 5.37. The summed E-state index contributed by atoms with van der Waals surface area (Å²) in [5, 5.41) is 2.62. The number of halogens is 1. The maximum Gasteiger partial charge on any atom is 0.335 e. The van der Waals surface area contributed by atoms with E-state index in [4.69, 9.17) is 16.3 Å². The maximum absolute atomic E-state index is 12.9. The number of carbonyl (C=O) groups is 3. The van der Waals surface area contributed by atoms with Crippen molar-refractivity contribution in [3.63, 3.8) is 0 Å². The van der Waals surface area contributed by atoms with Crippen LogP contribution in [-0.2, 0) is 9.59 Å². The maximum atomic E-state index is 12.9. The van der Waals surface area contributed by atoms with Gasteiger partial charge in [-0.3, -0.25) is 14.9 Å². The second kappa shape index (κ2) is 7.63. The number of ether oxygens (including phenoxy) is 1.